The van der Waals surface area contributed by atoms with Gasteiger partial charge in [-0.15, -0.1) is 11.8 Å². The number of hydrogen-bond donors (Lipinski definition) is 1. The number of nitrogen functional groups attached to an aromatic ring is 1. The number of nitrogens with two attached hydrogens (primary N) is 1. The number of carbonyl (C=O) groups is 1. The smallest absolute Gasteiger partial charge is 0.374 e. The summed E-state index contributed by atoms with van der Waals surface area (Å²) < 4.78 is 10.1. The second-order valence-corrected chi connectivity index (χ2v) is 5.12. The van der Waals surface area contributed by atoms with Crippen LogP contribution in [0.5, 0.6) is 0 Å². The molecule has 2 rings (SSSR count). The second-order valence-electron chi connectivity index (χ2n) is 4.07. The molecule has 5 heteroatoms. The summed E-state index contributed by atoms with van der Waals surface area (Å²) in [4.78, 5) is 12.5. The molecule has 0 bridgehead atoms. The van der Waals surface area contributed by atoms with E-state index in [-0.39, 0.29) is 5.76 Å². The summed E-state index contributed by atoms with van der Waals surface area (Å²) in [6.45, 7) is 1.83. The van der Waals surface area contributed by atoms with E-state index in [9.17, 15) is 4.79 Å². The zero-order chi connectivity index (χ0) is 13.8. The third-order valence-electron chi connectivity index (χ3n) is 2.60. The van der Waals surface area contributed by atoms with Gasteiger partial charge in [0.2, 0.25) is 5.76 Å². The summed E-state index contributed by atoms with van der Waals surface area (Å²) in [5.41, 5.74) is 7.16. The number of furan rings is 1. The molecule has 0 aliphatic carbocycles. The van der Waals surface area contributed by atoms with Crippen molar-refractivity contribution in [2.75, 3.05) is 12.8 Å². The molecule has 1 heterocycles. The molecule has 2 N–H and O–H groups in total. The van der Waals surface area contributed by atoms with Crippen LogP contribution in [0.3, 0.4) is 0 Å². The Morgan fingerprint density at radius 3 is 2.68 bits per heavy atom. The standard InChI is InChI=1S/C14H15NO3S/c1-9-7-11(18-13(9)14(16)17-2)8-19-12-5-3-10(15)4-6-12/h3-7H,8,15H2,1-2H3. The second kappa shape index (κ2) is 5.84. The first-order valence-electron chi connectivity index (χ1n) is 5.76. The zero-order valence-corrected chi connectivity index (χ0v) is 11.6. The van der Waals surface area contributed by atoms with Gasteiger partial charge < -0.3 is 14.9 Å². The average molecular weight is 277 g/mol. The van der Waals surface area contributed by atoms with E-state index in [0.717, 1.165) is 21.9 Å². The predicted octanol–water partition coefficient (Wildman–Crippen LogP) is 3.25. The van der Waals surface area contributed by atoms with Crippen LogP contribution < -0.4 is 5.73 Å². The van der Waals surface area contributed by atoms with Gasteiger partial charge in [0.1, 0.15) is 5.76 Å². The molecule has 0 saturated heterocycles. The minimum absolute atomic E-state index is 0.274. The van der Waals surface area contributed by atoms with Gasteiger partial charge in [-0.25, -0.2) is 4.79 Å². The third-order valence-corrected chi connectivity index (χ3v) is 3.64. The van der Waals surface area contributed by atoms with Crippen LogP contribution in [0.1, 0.15) is 21.9 Å². The molecule has 1 aromatic carbocycles. The molecule has 19 heavy (non-hydrogen) atoms. The number of ether oxygens (including phenoxy) is 1. The molecule has 1 aromatic heterocycles. The Labute approximate surface area is 115 Å². The van der Waals surface area contributed by atoms with E-state index in [0.29, 0.717) is 5.75 Å². The van der Waals surface area contributed by atoms with Crippen molar-refractivity contribution in [1.82, 2.24) is 0 Å². The number of thioether (sulfide) groups is 1. The van der Waals surface area contributed by atoms with E-state index >= 15 is 0 Å². The van der Waals surface area contributed by atoms with Gasteiger partial charge in [-0.1, -0.05) is 0 Å². The molecule has 0 radical (unpaired) electrons. The molecule has 0 aliphatic rings. The molecule has 0 aliphatic heterocycles. The normalized spacial score (nSPS) is 10.4. The molecule has 4 nitrogen and oxygen atoms in total. The number of carbonyl (C=O) groups excluding carboxylic acids is 1. The fraction of sp³-hybridized carbons (Fsp3) is 0.214. The molecular formula is C14H15NO3S. The Hall–Kier alpha value is -1.88. The zero-order valence-electron chi connectivity index (χ0n) is 10.8. The Morgan fingerprint density at radius 1 is 1.37 bits per heavy atom. The first-order chi connectivity index (χ1) is 9.10. The van der Waals surface area contributed by atoms with Crippen LogP contribution in [-0.4, -0.2) is 13.1 Å². The van der Waals surface area contributed by atoms with Crippen LogP contribution >= 0.6 is 11.8 Å². The molecule has 0 amide bonds. The van der Waals surface area contributed by atoms with Gasteiger partial charge in [0.15, 0.2) is 0 Å². The van der Waals surface area contributed by atoms with Gasteiger partial charge in [-0.05, 0) is 37.3 Å². The molecule has 0 saturated carbocycles. The average Bonchev–Trinajstić information content (AvgIpc) is 2.78. The van der Waals surface area contributed by atoms with Gasteiger partial charge >= 0.3 is 5.97 Å². The van der Waals surface area contributed by atoms with Gasteiger partial charge in [0.05, 0.1) is 12.9 Å². The summed E-state index contributed by atoms with van der Waals surface area (Å²) in [7, 11) is 1.34. The van der Waals surface area contributed by atoms with E-state index in [1.54, 1.807) is 11.8 Å². The van der Waals surface area contributed by atoms with Crippen molar-refractivity contribution in [3.05, 3.63) is 47.4 Å². The fourth-order valence-electron chi connectivity index (χ4n) is 1.63. The van der Waals surface area contributed by atoms with Crippen molar-refractivity contribution < 1.29 is 13.9 Å². The fourth-order valence-corrected chi connectivity index (χ4v) is 2.41. The number of aryl methyl sites for hydroxylation is 1. The summed E-state index contributed by atoms with van der Waals surface area (Å²) in [6, 6.07) is 9.48. The van der Waals surface area contributed by atoms with Gasteiger partial charge in [-0.3, -0.25) is 0 Å². The molecule has 0 unspecified atom stereocenters. The lowest BCUT2D eigenvalue weighted by Crippen LogP contribution is -2.00. The molecule has 0 atom stereocenters. The van der Waals surface area contributed by atoms with Crippen molar-refractivity contribution in [3.8, 4) is 0 Å². The maximum absolute atomic E-state index is 11.4. The highest BCUT2D eigenvalue weighted by atomic mass is 32.2. The first-order valence-corrected chi connectivity index (χ1v) is 6.74. The highest BCUT2D eigenvalue weighted by molar-refractivity contribution is 7.98. The van der Waals surface area contributed by atoms with Crippen molar-refractivity contribution in [2.24, 2.45) is 0 Å². The van der Waals surface area contributed by atoms with Crippen LogP contribution in [0.25, 0.3) is 0 Å². The molecule has 2 aromatic rings. The highest BCUT2D eigenvalue weighted by Crippen LogP contribution is 2.26. The Morgan fingerprint density at radius 2 is 2.05 bits per heavy atom. The molecular weight excluding hydrogens is 262 g/mol. The van der Waals surface area contributed by atoms with E-state index in [2.05, 4.69) is 4.74 Å². The molecule has 100 valence electrons. The third kappa shape index (κ3) is 3.32. The van der Waals surface area contributed by atoms with Crippen molar-refractivity contribution in [1.29, 1.82) is 0 Å². The van der Waals surface area contributed by atoms with E-state index in [4.69, 9.17) is 10.2 Å². The number of esters is 1. The largest absolute Gasteiger partial charge is 0.463 e. The topological polar surface area (TPSA) is 65.5 Å². The van der Waals surface area contributed by atoms with E-state index < -0.39 is 5.97 Å². The first kappa shape index (κ1) is 13.5. The lowest BCUT2D eigenvalue weighted by Gasteiger charge is -2.00. The highest BCUT2D eigenvalue weighted by Gasteiger charge is 2.15. The Balaban J connectivity index is 2.04. The number of methoxy groups -OCH3 is 1. The van der Waals surface area contributed by atoms with Crippen LogP contribution in [0.2, 0.25) is 0 Å². The summed E-state index contributed by atoms with van der Waals surface area (Å²) in [6.07, 6.45) is 0. The number of benzene rings is 1. The lowest BCUT2D eigenvalue weighted by molar-refractivity contribution is 0.0562. The number of rotatable bonds is 4. The van der Waals surface area contributed by atoms with Gasteiger partial charge in [-0.2, -0.15) is 0 Å². The monoisotopic (exact) mass is 277 g/mol. The SMILES string of the molecule is COC(=O)c1oc(CSc2ccc(N)cc2)cc1C. The van der Waals surface area contributed by atoms with Crippen molar-refractivity contribution in [2.45, 2.75) is 17.6 Å². The van der Waals surface area contributed by atoms with Crippen LogP contribution in [-0.2, 0) is 10.5 Å². The van der Waals surface area contributed by atoms with Crippen LogP contribution in [0.15, 0.2) is 39.6 Å². The molecule has 0 spiro atoms. The number of hydrogen-bond acceptors (Lipinski definition) is 5. The van der Waals surface area contributed by atoms with E-state index in [1.807, 2.05) is 37.3 Å². The van der Waals surface area contributed by atoms with Crippen LogP contribution in [0, 0.1) is 6.92 Å². The minimum atomic E-state index is -0.443. The van der Waals surface area contributed by atoms with Gasteiger partial charge in [0.25, 0.3) is 0 Å². The quantitative estimate of drug-likeness (QED) is 0.528. The Bertz CT molecular complexity index is 575. The maximum Gasteiger partial charge on any atom is 0.374 e. The number of anilines is 1. The summed E-state index contributed by atoms with van der Waals surface area (Å²) in [5.74, 6) is 1.23. The minimum Gasteiger partial charge on any atom is -0.463 e. The maximum atomic E-state index is 11.4. The van der Waals surface area contributed by atoms with Crippen LogP contribution in [0.4, 0.5) is 5.69 Å². The predicted molar refractivity (Wildman–Crippen MR) is 75.2 cm³/mol. The summed E-state index contributed by atoms with van der Waals surface area (Å²) >= 11 is 1.62. The summed E-state index contributed by atoms with van der Waals surface area (Å²) in [5, 5.41) is 0. The lowest BCUT2D eigenvalue weighted by atomic mass is 10.3. The Kier molecular flexibility index (Phi) is 4.16. The molecule has 0 fully saturated rings. The van der Waals surface area contributed by atoms with Gasteiger partial charge in [0, 0.05) is 16.1 Å². The van der Waals surface area contributed by atoms with Crippen molar-refractivity contribution in [3.63, 3.8) is 0 Å². The van der Waals surface area contributed by atoms with Crippen molar-refractivity contribution >= 4 is 23.4 Å². The van der Waals surface area contributed by atoms with E-state index in [1.165, 1.54) is 7.11 Å².